The molecule has 0 spiro atoms. The van der Waals surface area contributed by atoms with Crippen LogP contribution in [0.25, 0.3) is 0 Å². The average molecular weight is 230 g/mol. The molecule has 1 saturated heterocycles. The normalized spacial score (nSPS) is 25.0. The minimum Gasteiger partial charge on any atom is -0.445 e. The summed E-state index contributed by atoms with van der Waals surface area (Å²) >= 11 is 4.21. The third-order valence-corrected chi connectivity index (χ3v) is 2.54. The first-order valence-electron chi connectivity index (χ1n) is 4.58. The molecule has 2 N–H and O–H groups in total. The van der Waals surface area contributed by atoms with Gasteiger partial charge in [0.15, 0.2) is 0 Å². The van der Waals surface area contributed by atoms with Crippen LogP contribution in [0.15, 0.2) is 12.7 Å². The zero-order chi connectivity index (χ0) is 11.4. The Kier molecular flexibility index (Phi) is 4.02. The summed E-state index contributed by atoms with van der Waals surface area (Å²) in [7, 11) is 0. The molecule has 2 atom stereocenters. The first-order chi connectivity index (χ1) is 7.06. The number of primary amides is 1. The minimum absolute atomic E-state index is 0.0289. The quantitative estimate of drug-likeness (QED) is 0.536. The fraction of sp³-hybridized carbons (Fsp3) is 0.556. The van der Waals surface area contributed by atoms with Crippen molar-refractivity contribution >= 4 is 24.6 Å². The van der Waals surface area contributed by atoms with E-state index in [4.69, 9.17) is 10.5 Å². The Morgan fingerprint density at radius 2 is 2.33 bits per heavy atom. The lowest BCUT2D eigenvalue weighted by molar-refractivity contribution is -0.121. The maximum atomic E-state index is 11.5. The monoisotopic (exact) mass is 230 g/mol. The van der Waals surface area contributed by atoms with E-state index in [9.17, 15) is 9.59 Å². The van der Waals surface area contributed by atoms with Gasteiger partial charge < -0.3 is 10.5 Å². The number of amides is 2. The van der Waals surface area contributed by atoms with Crippen LogP contribution < -0.4 is 5.73 Å². The summed E-state index contributed by atoms with van der Waals surface area (Å²) in [5.74, 6) is -0.526. The Hall–Kier alpha value is -1.17. The van der Waals surface area contributed by atoms with Crippen molar-refractivity contribution in [3.63, 3.8) is 0 Å². The van der Waals surface area contributed by atoms with Gasteiger partial charge in [-0.1, -0.05) is 12.7 Å². The molecule has 2 unspecified atom stereocenters. The van der Waals surface area contributed by atoms with Crippen molar-refractivity contribution in [3.05, 3.63) is 12.7 Å². The smallest absolute Gasteiger partial charge is 0.410 e. The highest BCUT2D eigenvalue weighted by atomic mass is 32.1. The molecule has 0 aromatic rings. The van der Waals surface area contributed by atoms with Crippen LogP contribution in [-0.2, 0) is 9.53 Å². The molecule has 1 fully saturated rings. The van der Waals surface area contributed by atoms with Crippen LogP contribution >= 0.6 is 12.6 Å². The van der Waals surface area contributed by atoms with Gasteiger partial charge in [0.25, 0.3) is 0 Å². The molecule has 84 valence electrons. The zero-order valence-corrected chi connectivity index (χ0v) is 9.15. The van der Waals surface area contributed by atoms with Gasteiger partial charge in [-0.25, -0.2) is 4.79 Å². The fourth-order valence-corrected chi connectivity index (χ4v) is 1.87. The van der Waals surface area contributed by atoms with Gasteiger partial charge in [-0.05, 0) is 6.42 Å². The summed E-state index contributed by atoms with van der Waals surface area (Å²) in [5.41, 5.74) is 5.17. The van der Waals surface area contributed by atoms with Crippen molar-refractivity contribution in [2.45, 2.75) is 17.7 Å². The number of carbonyl (C=O) groups is 2. The summed E-state index contributed by atoms with van der Waals surface area (Å²) in [6.07, 6.45) is 1.39. The lowest BCUT2D eigenvalue weighted by Gasteiger charge is -2.20. The Balaban J connectivity index is 2.62. The van der Waals surface area contributed by atoms with E-state index < -0.39 is 18.0 Å². The molecule has 0 saturated carbocycles. The van der Waals surface area contributed by atoms with Crippen molar-refractivity contribution in [2.24, 2.45) is 5.73 Å². The van der Waals surface area contributed by atoms with Gasteiger partial charge in [0.2, 0.25) is 5.91 Å². The van der Waals surface area contributed by atoms with Crippen molar-refractivity contribution in [2.75, 3.05) is 13.2 Å². The molecule has 1 rings (SSSR count). The maximum Gasteiger partial charge on any atom is 0.410 e. The third kappa shape index (κ3) is 2.89. The van der Waals surface area contributed by atoms with E-state index in [1.54, 1.807) is 0 Å². The van der Waals surface area contributed by atoms with Crippen LogP contribution in [0.3, 0.4) is 0 Å². The van der Waals surface area contributed by atoms with Gasteiger partial charge in [0.05, 0.1) is 0 Å². The molecule has 0 bridgehead atoms. The van der Waals surface area contributed by atoms with Gasteiger partial charge >= 0.3 is 6.09 Å². The van der Waals surface area contributed by atoms with Crippen LogP contribution in [0.4, 0.5) is 4.79 Å². The van der Waals surface area contributed by atoms with E-state index >= 15 is 0 Å². The number of thiol groups is 1. The molecule has 15 heavy (non-hydrogen) atoms. The minimum atomic E-state index is -0.607. The molecule has 6 heteroatoms. The van der Waals surface area contributed by atoms with Crippen LogP contribution in [-0.4, -0.2) is 41.3 Å². The SMILES string of the molecule is C=CCOC(=O)N1CC(S)CC1C(N)=O. The third-order valence-electron chi connectivity index (χ3n) is 2.17. The number of nitrogens with two attached hydrogens (primary N) is 1. The number of ether oxygens (including phenoxy) is 1. The summed E-state index contributed by atoms with van der Waals surface area (Å²) in [6.45, 7) is 3.93. The molecule has 1 aliphatic heterocycles. The van der Waals surface area contributed by atoms with Crippen molar-refractivity contribution in [1.82, 2.24) is 4.90 Å². The first kappa shape index (κ1) is 11.9. The highest BCUT2D eigenvalue weighted by Crippen LogP contribution is 2.22. The predicted octanol–water partition coefficient (Wildman–Crippen LogP) is 0.167. The number of likely N-dealkylation sites (tertiary alicyclic amines) is 1. The van der Waals surface area contributed by atoms with Crippen molar-refractivity contribution in [1.29, 1.82) is 0 Å². The predicted molar refractivity (Wildman–Crippen MR) is 58.6 cm³/mol. The van der Waals surface area contributed by atoms with Crippen LogP contribution in [0.2, 0.25) is 0 Å². The second-order valence-corrected chi connectivity index (χ2v) is 4.06. The topological polar surface area (TPSA) is 72.6 Å². The van der Waals surface area contributed by atoms with Gasteiger partial charge in [0, 0.05) is 11.8 Å². The molecule has 0 aromatic carbocycles. The number of nitrogens with zero attached hydrogens (tertiary/aromatic N) is 1. The van der Waals surface area contributed by atoms with Crippen molar-refractivity contribution < 1.29 is 14.3 Å². The Morgan fingerprint density at radius 3 is 2.87 bits per heavy atom. The second-order valence-electron chi connectivity index (χ2n) is 3.33. The highest BCUT2D eigenvalue weighted by Gasteiger charge is 2.37. The van der Waals surface area contributed by atoms with Gasteiger partial charge in [-0.15, -0.1) is 0 Å². The number of carbonyl (C=O) groups excluding carboxylic acids is 2. The molecule has 5 nitrogen and oxygen atoms in total. The zero-order valence-electron chi connectivity index (χ0n) is 8.26. The molecule has 2 amide bonds. The average Bonchev–Trinajstić information content (AvgIpc) is 2.57. The van der Waals surface area contributed by atoms with Crippen LogP contribution in [0, 0.1) is 0 Å². The molecule has 0 radical (unpaired) electrons. The Labute approximate surface area is 93.7 Å². The van der Waals surface area contributed by atoms with E-state index in [-0.39, 0.29) is 11.9 Å². The standard InChI is InChI=1S/C9H14N2O3S/c1-2-3-14-9(13)11-5-6(15)4-7(11)8(10)12/h2,6-7,15H,1,3-5H2,(H2,10,12). The maximum absolute atomic E-state index is 11.5. The van der Waals surface area contributed by atoms with Gasteiger partial charge in [-0.2, -0.15) is 12.6 Å². The molecular formula is C9H14N2O3S. The van der Waals surface area contributed by atoms with E-state index in [0.717, 1.165) is 0 Å². The van der Waals surface area contributed by atoms with Gasteiger partial charge in [0.1, 0.15) is 12.6 Å². The summed E-state index contributed by atoms with van der Waals surface area (Å²) in [4.78, 5) is 23.8. The lowest BCUT2D eigenvalue weighted by atomic mass is 10.2. The Morgan fingerprint density at radius 1 is 1.67 bits per heavy atom. The summed E-state index contributed by atoms with van der Waals surface area (Å²) in [6, 6.07) is -0.607. The van der Waals surface area contributed by atoms with Gasteiger partial charge in [-0.3, -0.25) is 9.69 Å². The Bertz CT molecular complexity index is 283. The summed E-state index contributed by atoms with van der Waals surface area (Å²) in [5, 5.41) is -0.0289. The van der Waals surface area contributed by atoms with Crippen LogP contribution in [0.1, 0.15) is 6.42 Å². The van der Waals surface area contributed by atoms with Crippen LogP contribution in [0.5, 0.6) is 0 Å². The number of rotatable bonds is 3. The number of hydrogen-bond acceptors (Lipinski definition) is 4. The van der Waals surface area contributed by atoms with E-state index in [1.165, 1.54) is 11.0 Å². The molecular weight excluding hydrogens is 216 g/mol. The first-order valence-corrected chi connectivity index (χ1v) is 5.09. The van der Waals surface area contributed by atoms with Crippen molar-refractivity contribution in [3.8, 4) is 0 Å². The van der Waals surface area contributed by atoms with E-state index in [1.807, 2.05) is 0 Å². The molecule has 1 heterocycles. The molecule has 0 aliphatic carbocycles. The van der Waals surface area contributed by atoms with E-state index in [2.05, 4.69) is 19.2 Å². The molecule has 1 aliphatic rings. The highest BCUT2D eigenvalue weighted by molar-refractivity contribution is 7.81. The molecule has 0 aromatic heterocycles. The summed E-state index contributed by atoms with van der Waals surface area (Å²) < 4.78 is 4.83. The lowest BCUT2D eigenvalue weighted by Crippen LogP contribution is -2.44. The largest absolute Gasteiger partial charge is 0.445 e. The fourth-order valence-electron chi connectivity index (χ4n) is 1.50. The van der Waals surface area contributed by atoms with E-state index in [0.29, 0.717) is 13.0 Å². The second kappa shape index (κ2) is 5.06. The number of hydrogen-bond donors (Lipinski definition) is 2.